The summed E-state index contributed by atoms with van der Waals surface area (Å²) < 4.78 is 6.41. The van der Waals surface area contributed by atoms with Crippen LogP contribution in [-0.2, 0) is 11.3 Å². The lowest BCUT2D eigenvalue weighted by Gasteiger charge is -2.35. The smallest absolute Gasteiger partial charge is 0.287 e. The summed E-state index contributed by atoms with van der Waals surface area (Å²) in [6.45, 7) is 6.48. The average Bonchev–Trinajstić information content (AvgIpc) is 3.41. The number of quaternary nitrogens is 1. The number of ether oxygens (including phenoxy) is 1. The Balaban J connectivity index is 1.27. The molecule has 1 aromatic heterocycles. The molecule has 1 aliphatic heterocycles. The molecule has 2 heterocycles. The van der Waals surface area contributed by atoms with Gasteiger partial charge in [0.05, 0.1) is 5.52 Å². The molecule has 2 N–H and O–H groups in total. The van der Waals surface area contributed by atoms with Crippen molar-refractivity contribution in [1.29, 1.82) is 0 Å². The van der Waals surface area contributed by atoms with Crippen LogP contribution in [0.3, 0.4) is 0 Å². The van der Waals surface area contributed by atoms with Gasteiger partial charge in [-0.3, -0.25) is 9.59 Å². The van der Waals surface area contributed by atoms with Gasteiger partial charge < -0.3 is 10.1 Å². The first kappa shape index (κ1) is 27.3. The van der Waals surface area contributed by atoms with Gasteiger partial charge in [0.1, 0.15) is 42.9 Å². The second-order valence-corrected chi connectivity index (χ2v) is 11.0. The zero-order valence-electron chi connectivity index (χ0n) is 23.2. The lowest BCUT2D eigenvalue weighted by Crippen LogP contribution is -2.62. The van der Waals surface area contributed by atoms with Crippen LogP contribution in [0.25, 0.3) is 10.9 Å². The van der Waals surface area contributed by atoms with Crippen molar-refractivity contribution in [3.63, 3.8) is 0 Å². The third kappa shape index (κ3) is 6.85. The number of likely N-dealkylation sites (tertiary alicyclic amines) is 1. The third-order valence-corrected chi connectivity index (χ3v) is 7.32. The van der Waals surface area contributed by atoms with Crippen LogP contribution in [0, 0.1) is 5.92 Å². The van der Waals surface area contributed by atoms with Crippen molar-refractivity contribution >= 4 is 22.7 Å². The number of carbonyl (C=O) groups is 2. The lowest BCUT2D eigenvalue weighted by atomic mass is 10.0. The number of para-hydroxylation sites is 2. The molecule has 3 aromatic carbocycles. The summed E-state index contributed by atoms with van der Waals surface area (Å²) in [7, 11) is 0. The fourth-order valence-corrected chi connectivity index (χ4v) is 5.33. The maximum atomic E-state index is 13.7. The highest BCUT2D eigenvalue weighted by atomic mass is 16.5. The molecule has 1 fully saturated rings. The van der Waals surface area contributed by atoms with Crippen LogP contribution in [-0.4, -0.2) is 40.5 Å². The average molecular weight is 538 g/mol. The Morgan fingerprint density at radius 2 is 1.52 bits per heavy atom. The van der Waals surface area contributed by atoms with Gasteiger partial charge in [-0.05, 0) is 60.9 Å². The lowest BCUT2D eigenvalue weighted by molar-refractivity contribution is -0.963. The topological polar surface area (TPSA) is 80.3 Å². The van der Waals surface area contributed by atoms with Gasteiger partial charge in [-0.1, -0.05) is 56.3 Å². The second-order valence-electron chi connectivity index (χ2n) is 11.0. The predicted octanol–water partition coefficient (Wildman–Crippen LogP) is 6.01. The monoisotopic (exact) mass is 537 g/mol. The number of benzene rings is 3. The normalized spacial score (nSPS) is 15.1. The van der Waals surface area contributed by atoms with Gasteiger partial charge >= 0.3 is 0 Å². The van der Waals surface area contributed by atoms with Crippen LogP contribution in [0.2, 0.25) is 0 Å². The quantitative estimate of drug-likeness (QED) is 0.243. The van der Waals surface area contributed by atoms with Gasteiger partial charge in [0.25, 0.3) is 11.8 Å². The molecule has 1 atom stereocenters. The Morgan fingerprint density at radius 3 is 2.25 bits per heavy atom. The molecule has 40 heavy (non-hydrogen) atoms. The zero-order valence-corrected chi connectivity index (χ0v) is 23.2. The summed E-state index contributed by atoms with van der Waals surface area (Å²) in [6.07, 6.45) is 2.62. The van der Waals surface area contributed by atoms with Crippen molar-refractivity contribution in [3.8, 4) is 11.5 Å². The van der Waals surface area contributed by atoms with Gasteiger partial charge in [-0.2, -0.15) is 5.43 Å². The van der Waals surface area contributed by atoms with E-state index in [0.29, 0.717) is 23.3 Å². The Bertz CT molecular complexity index is 1450. The van der Waals surface area contributed by atoms with Crippen molar-refractivity contribution < 1.29 is 18.9 Å². The molecule has 206 valence electrons. The Morgan fingerprint density at radius 1 is 0.850 bits per heavy atom. The number of aromatic nitrogens is 1. The molecule has 5 rings (SSSR count). The number of nitrogens with zero attached hydrogens (tertiary/aromatic N) is 2. The van der Waals surface area contributed by atoms with Crippen molar-refractivity contribution in [2.45, 2.75) is 45.7 Å². The van der Waals surface area contributed by atoms with Crippen molar-refractivity contribution in [3.05, 3.63) is 102 Å². The highest BCUT2D eigenvalue weighted by Crippen LogP contribution is 2.25. The fraction of sp³-hybridized carbons (Fsp3) is 0.303. The minimum atomic E-state index is -0.655. The van der Waals surface area contributed by atoms with Crippen LogP contribution < -0.4 is 15.5 Å². The molecule has 0 unspecified atom stereocenters. The zero-order chi connectivity index (χ0) is 28.0. The Hall–Kier alpha value is -4.23. The molecule has 1 aliphatic rings. The van der Waals surface area contributed by atoms with E-state index in [1.54, 1.807) is 6.07 Å². The first-order valence-corrected chi connectivity index (χ1v) is 14.1. The number of rotatable bonds is 10. The van der Waals surface area contributed by atoms with E-state index < -0.39 is 6.04 Å². The van der Waals surface area contributed by atoms with Gasteiger partial charge in [-0.25, -0.2) is 9.58 Å². The van der Waals surface area contributed by atoms with Crippen molar-refractivity contribution in [1.82, 2.24) is 15.7 Å². The molecule has 0 bridgehead atoms. The van der Waals surface area contributed by atoms with E-state index in [-0.39, 0.29) is 17.7 Å². The van der Waals surface area contributed by atoms with Gasteiger partial charge in [0.15, 0.2) is 0 Å². The van der Waals surface area contributed by atoms with Crippen molar-refractivity contribution in [2.75, 3.05) is 13.1 Å². The van der Waals surface area contributed by atoms with E-state index in [9.17, 15) is 9.59 Å². The molecule has 2 amide bonds. The van der Waals surface area contributed by atoms with Crippen LogP contribution in [0.15, 0.2) is 91.0 Å². The maximum Gasteiger partial charge on any atom is 0.287 e. The Kier molecular flexibility index (Phi) is 8.41. The summed E-state index contributed by atoms with van der Waals surface area (Å²) in [6, 6.07) is 28.4. The molecule has 0 spiro atoms. The predicted molar refractivity (Wildman–Crippen MR) is 156 cm³/mol. The number of carbonyl (C=O) groups excluding carboxylic acids is 2. The summed E-state index contributed by atoms with van der Waals surface area (Å²) in [5.41, 5.74) is 5.50. The molecule has 0 radical (unpaired) electrons. The minimum Gasteiger partial charge on any atom is -0.457 e. The first-order valence-electron chi connectivity index (χ1n) is 14.1. The number of nitrogens with one attached hydrogen (secondary N) is 2. The van der Waals surface area contributed by atoms with E-state index in [0.717, 1.165) is 53.9 Å². The highest BCUT2D eigenvalue weighted by molar-refractivity contribution is 5.97. The van der Waals surface area contributed by atoms with E-state index in [1.165, 1.54) is 0 Å². The Labute approximate surface area is 235 Å². The minimum absolute atomic E-state index is 0.159. The second kappa shape index (κ2) is 12.3. The standard InChI is InChI=1S/C33H36N4O3/c1-24(2)22-31(35-32(38)30-19-16-26-10-6-7-13-29(26)34-30)33(39)36-37(20-8-9-21-37)23-25-14-17-28(18-15-25)40-27-11-4-3-5-12-27/h3-7,10-19,24,31H,8-9,20-23H2,1-2H3,(H-,35,36,38,39)/p+1/t31-/m0/s1. The van der Waals surface area contributed by atoms with E-state index >= 15 is 0 Å². The summed E-state index contributed by atoms with van der Waals surface area (Å²) >= 11 is 0. The number of hydrogen-bond donors (Lipinski definition) is 2. The molecular formula is C33H37N4O3+. The molecule has 0 saturated carbocycles. The van der Waals surface area contributed by atoms with Crippen LogP contribution in [0.1, 0.15) is 49.2 Å². The van der Waals surface area contributed by atoms with Gasteiger partial charge in [-0.15, -0.1) is 0 Å². The number of amides is 2. The number of hydrogen-bond acceptors (Lipinski definition) is 4. The number of pyridine rings is 1. The molecular weight excluding hydrogens is 500 g/mol. The molecule has 7 heteroatoms. The van der Waals surface area contributed by atoms with E-state index in [1.807, 2.05) is 72.8 Å². The van der Waals surface area contributed by atoms with Crippen LogP contribution >= 0.6 is 0 Å². The first-order chi connectivity index (χ1) is 19.4. The third-order valence-electron chi connectivity index (χ3n) is 7.32. The SMILES string of the molecule is CC(C)C[C@H](NC(=O)c1ccc2ccccc2n1)C(=O)N[N+]1(Cc2ccc(Oc3ccccc3)cc2)CCCC1. The van der Waals surface area contributed by atoms with E-state index in [4.69, 9.17) is 4.74 Å². The summed E-state index contributed by atoms with van der Waals surface area (Å²) in [5.74, 6) is 1.30. The summed E-state index contributed by atoms with van der Waals surface area (Å²) in [5, 5.41) is 3.94. The van der Waals surface area contributed by atoms with E-state index in [2.05, 4.69) is 41.7 Å². The van der Waals surface area contributed by atoms with Gasteiger partial charge in [0, 0.05) is 23.8 Å². The van der Waals surface area contributed by atoms with Crippen molar-refractivity contribution in [2.24, 2.45) is 5.92 Å². The molecule has 4 aromatic rings. The van der Waals surface area contributed by atoms with Crippen LogP contribution in [0.5, 0.6) is 11.5 Å². The van der Waals surface area contributed by atoms with Crippen LogP contribution in [0.4, 0.5) is 0 Å². The molecule has 1 saturated heterocycles. The largest absolute Gasteiger partial charge is 0.457 e. The molecule has 7 nitrogen and oxygen atoms in total. The van der Waals surface area contributed by atoms with Gasteiger partial charge in [0.2, 0.25) is 0 Å². The molecule has 0 aliphatic carbocycles. The number of fused-ring (bicyclic) bond motifs is 1. The highest BCUT2D eigenvalue weighted by Gasteiger charge is 2.37. The fourth-order valence-electron chi connectivity index (χ4n) is 5.33. The maximum absolute atomic E-state index is 13.7. The summed E-state index contributed by atoms with van der Waals surface area (Å²) in [4.78, 5) is 31.4.